The van der Waals surface area contributed by atoms with Gasteiger partial charge < -0.3 is 0 Å². The lowest BCUT2D eigenvalue weighted by atomic mass is 10.2. The van der Waals surface area contributed by atoms with Crippen LogP contribution in [0.4, 0.5) is 26.3 Å². The maximum atomic E-state index is 12.0. The Bertz CT molecular complexity index is 497. The zero-order chi connectivity index (χ0) is 17.3. The molecule has 0 N–H and O–H groups in total. The van der Waals surface area contributed by atoms with Crippen molar-refractivity contribution in [3.05, 3.63) is 0 Å². The topological polar surface area (TPSA) is 86.7 Å². The van der Waals surface area contributed by atoms with Gasteiger partial charge in [0, 0.05) is 6.42 Å². The SMILES string of the molecule is CC(CC(C)OS(=O)(=O)C(F)(F)F)OS(=O)(=O)C(F)(F)F. The molecule has 0 saturated carbocycles. The lowest BCUT2D eigenvalue weighted by molar-refractivity contribution is -0.0609. The highest BCUT2D eigenvalue weighted by molar-refractivity contribution is 7.87. The highest BCUT2D eigenvalue weighted by atomic mass is 32.2. The van der Waals surface area contributed by atoms with Crippen molar-refractivity contribution in [2.45, 2.75) is 43.5 Å². The van der Waals surface area contributed by atoms with Crippen LogP contribution in [-0.2, 0) is 28.6 Å². The molecule has 0 aliphatic heterocycles. The summed E-state index contributed by atoms with van der Waals surface area (Å²) in [5.74, 6) is 0. The second kappa shape index (κ2) is 6.26. The molecule has 6 nitrogen and oxygen atoms in total. The van der Waals surface area contributed by atoms with E-state index in [1.54, 1.807) is 0 Å². The van der Waals surface area contributed by atoms with Crippen LogP contribution in [0.1, 0.15) is 20.3 Å². The molecule has 0 aliphatic carbocycles. The zero-order valence-corrected chi connectivity index (χ0v) is 12.0. The van der Waals surface area contributed by atoms with E-state index >= 15 is 0 Å². The monoisotopic (exact) mass is 368 g/mol. The Balaban J connectivity index is 4.73. The van der Waals surface area contributed by atoms with Crippen molar-refractivity contribution in [3.63, 3.8) is 0 Å². The van der Waals surface area contributed by atoms with E-state index in [0.717, 1.165) is 13.8 Å². The van der Waals surface area contributed by atoms with E-state index in [4.69, 9.17) is 0 Å². The van der Waals surface area contributed by atoms with Crippen LogP contribution in [0.25, 0.3) is 0 Å². The summed E-state index contributed by atoms with van der Waals surface area (Å²) in [5, 5.41) is 0. The largest absolute Gasteiger partial charge is 0.523 e. The first-order valence-corrected chi connectivity index (χ1v) is 7.80. The number of alkyl halides is 6. The highest BCUT2D eigenvalue weighted by Crippen LogP contribution is 2.28. The average Bonchev–Trinajstić information content (AvgIpc) is 2.10. The quantitative estimate of drug-likeness (QED) is 0.404. The summed E-state index contributed by atoms with van der Waals surface area (Å²) in [4.78, 5) is 0. The smallest absolute Gasteiger partial charge is 0.260 e. The average molecular weight is 368 g/mol. The lowest BCUT2D eigenvalue weighted by Crippen LogP contribution is -2.33. The van der Waals surface area contributed by atoms with Gasteiger partial charge in [-0.2, -0.15) is 43.2 Å². The van der Waals surface area contributed by atoms with E-state index in [1.807, 2.05) is 0 Å². The zero-order valence-electron chi connectivity index (χ0n) is 10.4. The molecule has 0 fully saturated rings. The van der Waals surface area contributed by atoms with Gasteiger partial charge in [-0.3, -0.25) is 8.37 Å². The Labute approximate surface area is 116 Å². The van der Waals surface area contributed by atoms with Crippen LogP contribution >= 0.6 is 0 Å². The van der Waals surface area contributed by atoms with Crippen LogP contribution in [0, 0.1) is 0 Å². The van der Waals surface area contributed by atoms with Crippen molar-refractivity contribution in [1.82, 2.24) is 0 Å². The molecule has 2 atom stereocenters. The van der Waals surface area contributed by atoms with E-state index < -0.39 is 49.9 Å². The number of hydrogen-bond acceptors (Lipinski definition) is 6. The first-order chi connectivity index (χ1) is 8.99. The standard InChI is InChI=1S/C7H10F6O6S2/c1-4(18-20(14,15)6(8,9)10)3-5(2)19-21(16,17)7(11,12)13/h4-5H,3H2,1-2H3. The predicted molar refractivity (Wildman–Crippen MR) is 55.7 cm³/mol. The molecule has 2 unspecified atom stereocenters. The fourth-order valence-electron chi connectivity index (χ4n) is 1.09. The molecule has 0 heterocycles. The second-order valence-corrected chi connectivity index (χ2v) is 6.98. The minimum atomic E-state index is -5.94. The summed E-state index contributed by atoms with van der Waals surface area (Å²) in [6, 6.07) is 0. The van der Waals surface area contributed by atoms with Gasteiger partial charge in [0.05, 0.1) is 12.2 Å². The first-order valence-electron chi connectivity index (χ1n) is 4.98. The minimum absolute atomic E-state index is 0.795. The van der Waals surface area contributed by atoms with Gasteiger partial charge in [-0.25, -0.2) is 0 Å². The second-order valence-electron chi connectivity index (χ2n) is 3.85. The van der Waals surface area contributed by atoms with Crippen LogP contribution in [0.15, 0.2) is 0 Å². The van der Waals surface area contributed by atoms with E-state index in [9.17, 15) is 43.2 Å². The molecule has 21 heavy (non-hydrogen) atoms. The summed E-state index contributed by atoms with van der Waals surface area (Å²) in [6.45, 7) is 1.59. The van der Waals surface area contributed by atoms with Gasteiger partial charge in [0.15, 0.2) is 0 Å². The molecule has 0 rings (SSSR count). The van der Waals surface area contributed by atoms with Gasteiger partial charge in [-0.1, -0.05) is 0 Å². The van der Waals surface area contributed by atoms with Gasteiger partial charge in [0.1, 0.15) is 0 Å². The summed E-state index contributed by atoms with van der Waals surface area (Å²) in [6.07, 6.45) is -4.35. The summed E-state index contributed by atoms with van der Waals surface area (Å²) in [5.41, 5.74) is -11.4. The Morgan fingerprint density at radius 2 is 1.00 bits per heavy atom. The van der Waals surface area contributed by atoms with E-state index in [-0.39, 0.29) is 0 Å². The van der Waals surface area contributed by atoms with Crippen LogP contribution in [0.5, 0.6) is 0 Å². The third kappa shape index (κ3) is 5.96. The van der Waals surface area contributed by atoms with Crippen molar-refractivity contribution in [1.29, 1.82) is 0 Å². The van der Waals surface area contributed by atoms with Crippen molar-refractivity contribution in [3.8, 4) is 0 Å². The third-order valence-electron chi connectivity index (χ3n) is 1.81. The number of hydrogen-bond donors (Lipinski definition) is 0. The maximum Gasteiger partial charge on any atom is 0.523 e. The summed E-state index contributed by atoms with van der Waals surface area (Å²) in [7, 11) is -11.9. The number of rotatable bonds is 6. The van der Waals surface area contributed by atoms with Gasteiger partial charge in [-0.15, -0.1) is 0 Å². The Hall–Kier alpha value is -0.600. The molecule has 0 bridgehead atoms. The van der Waals surface area contributed by atoms with Crippen LogP contribution in [0.3, 0.4) is 0 Å². The van der Waals surface area contributed by atoms with Gasteiger partial charge in [-0.05, 0) is 13.8 Å². The lowest BCUT2D eigenvalue weighted by Gasteiger charge is -2.19. The van der Waals surface area contributed by atoms with Crippen molar-refractivity contribution in [2.75, 3.05) is 0 Å². The predicted octanol–water partition coefficient (Wildman–Crippen LogP) is 1.89. The van der Waals surface area contributed by atoms with Gasteiger partial charge >= 0.3 is 31.3 Å². The molecule has 0 amide bonds. The Morgan fingerprint density at radius 3 is 1.19 bits per heavy atom. The van der Waals surface area contributed by atoms with Crippen molar-refractivity contribution < 1.29 is 51.5 Å². The molecule has 0 aromatic carbocycles. The van der Waals surface area contributed by atoms with E-state index in [1.165, 1.54) is 0 Å². The normalized spacial score (nSPS) is 17.5. The maximum absolute atomic E-state index is 12.0. The minimum Gasteiger partial charge on any atom is -0.260 e. The molecular weight excluding hydrogens is 358 g/mol. The Morgan fingerprint density at radius 1 is 0.762 bits per heavy atom. The summed E-state index contributed by atoms with van der Waals surface area (Å²) < 4.78 is 122. The third-order valence-corrected chi connectivity index (χ3v) is 4.11. The Kier molecular flexibility index (Phi) is 6.08. The fraction of sp³-hybridized carbons (Fsp3) is 1.00. The van der Waals surface area contributed by atoms with E-state index in [0.29, 0.717) is 0 Å². The molecule has 0 aromatic heterocycles. The highest BCUT2D eigenvalue weighted by Gasteiger charge is 2.49. The molecule has 14 heteroatoms. The van der Waals surface area contributed by atoms with Crippen molar-refractivity contribution in [2.24, 2.45) is 0 Å². The molecule has 0 radical (unpaired) electrons. The molecule has 0 aliphatic rings. The van der Waals surface area contributed by atoms with Gasteiger partial charge in [0.25, 0.3) is 0 Å². The van der Waals surface area contributed by atoms with Crippen LogP contribution < -0.4 is 0 Å². The first kappa shape index (κ1) is 20.4. The summed E-state index contributed by atoms with van der Waals surface area (Å²) >= 11 is 0. The number of halogens is 6. The molecule has 0 saturated heterocycles. The molecule has 0 spiro atoms. The van der Waals surface area contributed by atoms with E-state index in [2.05, 4.69) is 8.37 Å². The molecule has 128 valence electrons. The van der Waals surface area contributed by atoms with Gasteiger partial charge in [0.2, 0.25) is 0 Å². The molecule has 0 aromatic rings. The molecular formula is C7H10F6O6S2. The van der Waals surface area contributed by atoms with Crippen LogP contribution in [0.2, 0.25) is 0 Å². The van der Waals surface area contributed by atoms with Crippen molar-refractivity contribution >= 4 is 20.2 Å². The fourth-order valence-corrected chi connectivity index (χ4v) is 2.33. The van der Waals surface area contributed by atoms with Crippen LogP contribution in [-0.4, -0.2) is 40.1 Å².